The molecule has 0 saturated heterocycles. The van der Waals surface area contributed by atoms with Gasteiger partial charge in [-0.25, -0.2) is 9.59 Å². The van der Waals surface area contributed by atoms with Gasteiger partial charge in [0.1, 0.15) is 5.75 Å². The summed E-state index contributed by atoms with van der Waals surface area (Å²) in [7, 11) is 1.71. The first-order valence-corrected chi connectivity index (χ1v) is 6.65. The van der Waals surface area contributed by atoms with Gasteiger partial charge in [-0.15, -0.1) is 0 Å². The van der Waals surface area contributed by atoms with E-state index in [4.69, 9.17) is 9.84 Å². The van der Waals surface area contributed by atoms with Gasteiger partial charge >= 0.3 is 12.0 Å². The zero-order chi connectivity index (χ0) is 16.0. The predicted molar refractivity (Wildman–Crippen MR) is 80.7 cm³/mol. The third-order valence-electron chi connectivity index (χ3n) is 2.54. The first-order valence-electron chi connectivity index (χ1n) is 6.65. The van der Waals surface area contributed by atoms with Crippen LogP contribution in [0, 0.1) is 5.41 Å². The molecule has 2 N–H and O–H groups in total. The third kappa shape index (κ3) is 6.16. The number of amides is 2. The van der Waals surface area contributed by atoms with Crippen LogP contribution in [0.25, 0.3) is 0 Å². The van der Waals surface area contributed by atoms with Gasteiger partial charge in [-0.05, 0) is 17.5 Å². The van der Waals surface area contributed by atoms with Crippen LogP contribution < -0.4 is 10.1 Å². The van der Waals surface area contributed by atoms with E-state index in [9.17, 15) is 9.59 Å². The van der Waals surface area contributed by atoms with Gasteiger partial charge in [-0.2, -0.15) is 0 Å². The second-order valence-corrected chi connectivity index (χ2v) is 6.03. The molecule has 2 amide bonds. The van der Waals surface area contributed by atoms with E-state index in [0.717, 1.165) is 0 Å². The standard InChI is InChI=1S/C15H22N2O4/c1-15(2,3)10-17(4)14(20)16-11-7-5-6-8-12(11)21-9-13(18)19/h5-8H,9-10H2,1-4H3,(H,16,20)(H,18,19). The summed E-state index contributed by atoms with van der Waals surface area (Å²) in [5, 5.41) is 11.4. The molecule has 0 fully saturated rings. The molecule has 0 bridgehead atoms. The number of aliphatic carboxylic acids is 1. The minimum absolute atomic E-state index is 0.00852. The first-order chi connectivity index (χ1) is 9.69. The monoisotopic (exact) mass is 294 g/mol. The largest absolute Gasteiger partial charge is 0.480 e. The van der Waals surface area contributed by atoms with E-state index in [0.29, 0.717) is 18.0 Å². The van der Waals surface area contributed by atoms with E-state index in [1.807, 2.05) is 20.8 Å². The van der Waals surface area contributed by atoms with Crippen molar-refractivity contribution in [2.75, 3.05) is 25.5 Å². The lowest BCUT2D eigenvalue weighted by atomic mass is 9.96. The quantitative estimate of drug-likeness (QED) is 0.875. The number of carbonyl (C=O) groups excluding carboxylic acids is 1. The highest BCUT2D eigenvalue weighted by atomic mass is 16.5. The number of carboxylic acids is 1. The number of para-hydroxylation sites is 2. The maximum atomic E-state index is 12.1. The molecular weight excluding hydrogens is 272 g/mol. The number of hydrogen-bond acceptors (Lipinski definition) is 3. The van der Waals surface area contributed by atoms with Crippen LogP contribution in [0.3, 0.4) is 0 Å². The minimum atomic E-state index is -1.07. The highest BCUT2D eigenvalue weighted by molar-refractivity contribution is 5.90. The highest BCUT2D eigenvalue weighted by Crippen LogP contribution is 2.24. The smallest absolute Gasteiger partial charge is 0.341 e. The molecule has 0 saturated carbocycles. The molecular formula is C15H22N2O4. The van der Waals surface area contributed by atoms with Gasteiger partial charge in [0.05, 0.1) is 5.69 Å². The van der Waals surface area contributed by atoms with Crippen molar-refractivity contribution < 1.29 is 19.4 Å². The Bertz CT molecular complexity index is 509. The van der Waals surface area contributed by atoms with E-state index in [1.165, 1.54) is 0 Å². The number of urea groups is 1. The van der Waals surface area contributed by atoms with Crippen molar-refractivity contribution in [2.45, 2.75) is 20.8 Å². The third-order valence-corrected chi connectivity index (χ3v) is 2.54. The molecule has 0 aliphatic heterocycles. The van der Waals surface area contributed by atoms with Gasteiger partial charge in [0, 0.05) is 13.6 Å². The Morgan fingerprint density at radius 1 is 1.29 bits per heavy atom. The van der Waals surface area contributed by atoms with Crippen LogP contribution in [0.2, 0.25) is 0 Å². The number of carbonyl (C=O) groups is 2. The molecule has 1 aromatic rings. The van der Waals surface area contributed by atoms with Crippen molar-refractivity contribution in [1.29, 1.82) is 0 Å². The molecule has 6 heteroatoms. The van der Waals surface area contributed by atoms with Gasteiger partial charge in [0.2, 0.25) is 0 Å². The topological polar surface area (TPSA) is 78.9 Å². The van der Waals surface area contributed by atoms with Crippen LogP contribution >= 0.6 is 0 Å². The summed E-state index contributed by atoms with van der Waals surface area (Å²) in [5.41, 5.74) is 0.440. The van der Waals surface area contributed by atoms with Gasteiger partial charge < -0.3 is 20.1 Å². The summed E-state index contributed by atoms with van der Waals surface area (Å²) in [6, 6.07) is 6.47. The number of benzene rings is 1. The van der Waals surface area contributed by atoms with E-state index >= 15 is 0 Å². The summed E-state index contributed by atoms with van der Waals surface area (Å²) in [5.74, 6) is -0.738. The molecule has 1 aromatic carbocycles. The Hall–Kier alpha value is -2.24. The Morgan fingerprint density at radius 3 is 2.48 bits per heavy atom. The maximum Gasteiger partial charge on any atom is 0.341 e. The summed E-state index contributed by atoms with van der Waals surface area (Å²) >= 11 is 0. The van der Waals surface area contributed by atoms with Gasteiger partial charge in [0.25, 0.3) is 0 Å². The fraction of sp³-hybridized carbons (Fsp3) is 0.467. The predicted octanol–water partition coefficient (Wildman–Crippen LogP) is 2.66. The zero-order valence-corrected chi connectivity index (χ0v) is 12.8. The molecule has 0 aliphatic carbocycles. The number of hydrogen-bond donors (Lipinski definition) is 2. The average molecular weight is 294 g/mol. The minimum Gasteiger partial charge on any atom is -0.480 e. The molecule has 0 aromatic heterocycles. The zero-order valence-electron chi connectivity index (χ0n) is 12.8. The SMILES string of the molecule is CN(CC(C)(C)C)C(=O)Nc1ccccc1OCC(=O)O. The second kappa shape index (κ2) is 6.97. The van der Waals surface area contributed by atoms with Crippen molar-refractivity contribution in [3.05, 3.63) is 24.3 Å². The lowest BCUT2D eigenvalue weighted by Crippen LogP contribution is -2.37. The van der Waals surface area contributed by atoms with E-state index in [-0.39, 0.29) is 11.4 Å². The second-order valence-electron chi connectivity index (χ2n) is 6.03. The van der Waals surface area contributed by atoms with E-state index < -0.39 is 12.6 Å². The van der Waals surface area contributed by atoms with E-state index in [1.54, 1.807) is 36.2 Å². The lowest BCUT2D eigenvalue weighted by Gasteiger charge is -2.27. The Balaban J connectivity index is 2.73. The van der Waals surface area contributed by atoms with Crippen molar-refractivity contribution in [1.82, 2.24) is 4.90 Å². The average Bonchev–Trinajstić information content (AvgIpc) is 2.35. The molecule has 0 unspecified atom stereocenters. The summed E-state index contributed by atoms with van der Waals surface area (Å²) in [6.45, 7) is 6.27. The first kappa shape index (κ1) is 16.8. The molecule has 1 rings (SSSR count). The summed E-state index contributed by atoms with van der Waals surface area (Å²) in [6.07, 6.45) is 0. The number of nitrogens with zero attached hydrogens (tertiary/aromatic N) is 1. The molecule has 0 aliphatic rings. The van der Waals surface area contributed by atoms with Crippen LogP contribution in [-0.4, -0.2) is 42.2 Å². The van der Waals surface area contributed by atoms with E-state index in [2.05, 4.69) is 5.32 Å². The summed E-state index contributed by atoms with van der Waals surface area (Å²) < 4.78 is 5.15. The van der Waals surface area contributed by atoms with Gasteiger partial charge in [0.15, 0.2) is 6.61 Å². The molecule has 0 spiro atoms. The normalized spacial score (nSPS) is 10.9. The number of nitrogens with one attached hydrogen (secondary N) is 1. The highest BCUT2D eigenvalue weighted by Gasteiger charge is 2.18. The number of rotatable bonds is 5. The van der Waals surface area contributed by atoms with Crippen LogP contribution in [0.1, 0.15) is 20.8 Å². The van der Waals surface area contributed by atoms with Gasteiger partial charge in [-0.3, -0.25) is 0 Å². The molecule has 0 radical (unpaired) electrons. The molecule has 0 atom stereocenters. The summed E-state index contributed by atoms with van der Waals surface area (Å²) in [4.78, 5) is 24.3. The maximum absolute atomic E-state index is 12.1. The number of carboxylic acid groups (broad SMARTS) is 1. The van der Waals surface area contributed by atoms with Crippen LogP contribution in [0.15, 0.2) is 24.3 Å². The molecule has 6 nitrogen and oxygen atoms in total. The lowest BCUT2D eigenvalue weighted by molar-refractivity contribution is -0.139. The van der Waals surface area contributed by atoms with Crippen LogP contribution in [0.4, 0.5) is 10.5 Å². The Morgan fingerprint density at radius 2 is 1.90 bits per heavy atom. The van der Waals surface area contributed by atoms with Gasteiger partial charge in [-0.1, -0.05) is 32.9 Å². The van der Waals surface area contributed by atoms with Crippen molar-refractivity contribution in [3.63, 3.8) is 0 Å². The fourth-order valence-electron chi connectivity index (χ4n) is 1.83. The van der Waals surface area contributed by atoms with Crippen molar-refractivity contribution in [3.8, 4) is 5.75 Å². The van der Waals surface area contributed by atoms with Crippen molar-refractivity contribution >= 4 is 17.7 Å². The number of anilines is 1. The van der Waals surface area contributed by atoms with Crippen molar-refractivity contribution in [2.24, 2.45) is 5.41 Å². The molecule has 116 valence electrons. The van der Waals surface area contributed by atoms with Crippen LogP contribution in [-0.2, 0) is 4.79 Å². The molecule has 0 heterocycles. The Kier molecular flexibility index (Phi) is 5.58. The Labute approximate surface area is 124 Å². The molecule has 21 heavy (non-hydrogen) atoms. The number of ether oxygens (including phenoxy) is 1. The fourth-order valence-corrected chi connectivity index (χ4v) is 1.83. The van der Waals surface area contributed by atoms with Crippen LogP contribution in [0.5, 0.6) is 5.75 Å².